The fraction of sp³-hybridized carbons (Fsp3) is 0.385. The standard InChI is InChI=1S/C13H18N4O/c1-10(12-8-16-17(2)9-12)15-7-11-4-5-14-13(6-11)18-3/h4-6,8-10,15H,7H2,1-3H3. The number of aromatic nitrogens is 3. The van der Waals surface area contributed by atoms with Gasteiger partial charge in [-0.3, -0.25) is 4.68 Å². The van der Waals surface area contributed by atoms with Crippen molar-refractivity contribution in [2.75, 3.05) is 7.11 Å². The van der Waals surface area contributed by atoms with E-state index in [4.69, 9.17) is 4.74 Å². The van der Waals surface area contributed by atoms with Crippen LogP contribution in [0.5, 0.6) is 5.88 Å². The van der Waals surface area contributed by atoms with Gasteiger partial charge in [0.1, 0.15) is 0 Å². The third kappa shape index (κ3) is 3.07. The minimum atomic E-state index is 0.262. The normalized spacial score (nSPS) is 12.4. The van der Waals surface area contributed by atoms with Gasteiger partial charge in [-0.1, -0.05) is 0 Å². The highest BCUT2D eigenvalue weighted by atomic mass is 16.5. The summed E-state index contributed by atoms with van der Waals surface area (Å²) < 4.78 is 6.91. The van der Waals surface area contributed by atoms with E-state index in [9.17, 15) is 0 Å². The Morgan fingerprint density at radius 1 is 1.50 bits per heavy atom. The third-order valence-electron chi connectivity index (χ3n) is 2.85. The van der Waals surface area contributed by atoms with Crippen LogP contribution in [0.1, 0.15) is 24.1 Å². The molecule has 2 aromatic heterocycles. The minimum absolute atomic E-state index is 0.262. The number of nitrogens with zero attached hydrogens (tertiary/aromatic N) is 3. The van der Waals surface area contributed by atoms with Crippen molar-refractivity contribution in [1.29, 1.82) is 0 Å². The van der Waals surface area contributed by atoms with Gasteiger partial charge < -0.3 is 10.1 Å². The van der Waals surface area contributed by atoms with Gasteiger partial charge >= 0.3 is 0 Å². The van der Waals surface area contributed by atoms with E-state index in [1.807, 2.05) is 36.3 Å². The van der Waals surface area contributed by atoms with E-state index in [0.29, 0.717) is 5.88 Å². The molecule has 18 heavy (non-hydrogen) atoms. The summed E-state index contributed by atoms with van der Waals surface area (Å²) in [6.07, 6.45) is 5.65. The number of methoxy groups -OCH3 is 1. The Balaban J connectivity index is 1.94. The molecule has 1 N–H and O–H groups in total. The van der Waals surface area contributed by atoms with Crippen molar-refractivity contribution in [2.45, 2.75) is 19.5 Å². The van der Waals surface area contributed by atoms with Crippen LogP contribution >= 0.6 is 0 Å². The van der Waals surface area contributed by atoms with Crippen LogP contribution in [0.3, 0.4) is 0 Å². The molecule has 5 nitrogen and oxygen atoms in total. The Hall–Kier alpha value is -1.88. The van der Waals surface area contributed by atoms with Crippen molar-refractivity contribution in [3.05, 3.63) is 41.9 Å². The van der Waals surface area contributed by atoms with E-state index < -0.39 is 0 Å². The Morgan fingerprint density at radius 2 is 2.33 bits per heavy atom. The first-order valence-corrected chi connectivity index (χ1v) is 5.90. The molecule has 2 heterocycles. The van der Waals surface area contributed by atoms with Crippen LogP contribution < -0.4 is 10.1 Å². The minimum Gasteiger partial charge on any atom is -0.481 e. The highest BCUT2D eigenvalue weighted by Crippen LogP contribution is 2.13. The summed E-state index contributed by atoms with van der Waals surface area (Å²) >= 11 is 0. The molecular weight excluding hydrogens is 228 g/mol. The second-order valence-electron chi connectivity index (χ2n) is 4.26. The predicted octanol–water partition coefficient (Wildman–Crippen LogP) is 1.67. The molecule has 0 spiro atoms. The van der Waals surface area contributed by atoms with Crippen LogP contribution in [-0.2, 0) is 13.6 Å². The molecule has 0 radical (unpaired) electrons. The van der Waals surface area contributed by atoms with E-state index in [1.165, 1.54) is 5.56 Å². The Kier molecular flexibility index (Phi) is 3.94. The van der Waals surface area contributed by atoms with E-state index in [0.717, 1.165) is 12.1 Å². The summed E-state index contributed by atoms with van der Waals surface area (Å²) in [7, 11) is 3.54. The summed E-state index contributed by atoms with van der Waals surface area (Å²) in [6, 6.07) is 4.17. The molecule has 2 rings (SSSR count). The zero-order valence-corrected chi connectivity index (χ0v) is 10.9. The first-order valence-electron chi connectivity index (χ1n) is 5.90. The molecule has 2 aromatic rings. The fourth-order valence-electron chi connectivity index (χ4n) is 1.72. The molecule has 1 atom stereocenters. The molecule has 1 unspecified atom stereocenters. The Morgan fingerprint density at radius 3 is 3.00 bits per heavy atom. The van der Waals surface area contributed by atoms with Gasteiger partial charge in [-0.2, -0.15) is 5.10 Å². The lowest BCUT2D eigenvalue weighted by Crippen LogP contribution is -2.17. The van der Waals surface area contributed by atoms with Gasteiger partial charge in [-0.05, 0) is 18.6 Å². The van der Waals surface area contributed by atoms with Crippen LogP contribution in [-0.4, -0.2) is 21.9 Å². The molecule has 96 valence electrons. The van der Waals surface area contributed by atoms with Crippen molar-refractivity contribution >= 4 is 0 Å². The average molecular weight is 246 g/mol. The van der Waals surface area contributed by atoms with Crippen LogP contribution in [0.4, 0.5) is 0 Å². The van der Waals surface area contributed by atoms with Crippen molar-refractivity contribution in [1.82, 2.24) is 20.1 Å². The lowest BCUT2D eigenvalue weighted by Gasteiger charge is -2.12. The van der Waals surface area contributed by atoms with Crippen LogP contribution in [0.15, 0.2) is 30.7 Å². The second kappa shape index (κ2) is 5.64. The quantitative estimate of drug-likeness (QED) is 0.872. The van der Waals surface area contributed by atoms with Crippen LogP contribution in [0.2, 0.25) is 0 Å². The number of pyridine rings is 1. The van der Waals surface area contributed by atoms with Gasteiger partial charge in [0.2, 0.25) is 5.88 Å². The van der Waals surface area contributed by atoms with Crippen molar-refractivity contribution < 1.29 is 4.74 Å². The molecule has 0 bridgehead atoms. The maximum Gasteiger partial charge on any atom is 0.213 e. The summed E-state index contributed by atoms with van der Waals surface area (Å²) in [5.41, 5.74) is 2.33. The lowest BCUT2D eigenvalue weighted by molar-refractivity contribution is 0.397. The molecule has 0 aliphatic rings. The Bertz CT molecular complexity index is 509. The Labute approximate surface area is 107 Å². The van der Waals surface area contributed by atoms with Crippen molar-refractivity contribution in [3.8, 4) is 5.88 Å². The topological polar surface area (TPSA) is 52.0 Å². The number of nitrogens with one attached hydrogen (secondary N) is 1. The highest BCUT2D eigenvalue weighted by molar-refractivity contribution is 5.20. The number of hydrogen-bond donors (Lipinski definition) is 1. The molecule has 0 aliphatic carbocycles. The number of ether oxygens (including phenoxy) is 1. The second-order valence-corrected chi connectivity index (χ2v) is 4.26. The molecule has 0 aliphatic heterocycles. The smallest absolute Gasteiger partial charge is 0.213 e. The van der Waals surface area contributed by atoms with E-state index >= 15 is 0 Å². The summed E-state index contributed by atoms with van der Waals surface area (Å²) in [5.74, 6) is 0.642. The van der Waals surface area contributed by atoms with Crippen molar-refractivity contribution in [3.63, 3.8) is 0 Å². The monoisotopic (exact) mass is 246 g/mol. The number of aryl methyl sites for hydroxylation is 1. The van der Waals surface area contributed by atoms with Gasteiger partial charge in [0, 0.05) is 43.7 Å². The van der Waals surface area contributed by atoms with Gasteiger partial charge in [0.05, 0.1) is 13.3 Å². The van der Waals surface area contributed by atoms with Gasteiger partial charge in [0.15, 0.2) is 0 Å². The zero-order valence-electron chi connectivity index (χ0n) is 10.9. The van der Waals surface area contributed by atoms with Gasteiger partial charge in [-0.25, -0.2) is 4.98 Å². The molecule has 0 fully saturated rings. The fourth-order valence-corrected chi connectivity index (χ4v) is 1.72. The van der Waals surface area contributed by atoms with E-state index in [-0.39, 0.29) is 6.04 Å². The van der Waals surface area contributed by atoms with Crippen molar-refractivity contribution in [2.24, 2.45) is 7.05 Å². The predicted molar refractivity (Wildman–Crippen MR) is 69.3 cm³/mol. The number of hydrogen-bond acceptors (Lipinski definition) is 4. The third-order valence-corrected chi connectivity index (χ3v) is 2.85. The lowest BCUT2D eigenvalue weighted by atomic mass is 10.2. The molecule has 5 heteroatoms. The van der Waals surface area contributed by atoms with Crippen LogP contribution in [0.25, 0.3) is 0 Å². The zero-order chi connectivity index (χ0) is 13.0. The summed E-state index contributed by atoms with van der Waals surface area (Å²) in [5, 5.41) is 7.61. The van der Waals surface area contributed by atoms with Gasteiger partial charge in [0.25, 0.3) is 0 Å². The molecule has 0 aromatic carbocycles. The SMILES string of the molecule is COc1cc(CNC(C)c2cnn(C)c2)ccn1. The number of rotatable bonds is 5. The molecular formula is C13H18N4O. The first-order chi connectivity index (χ1) is 8.69. The largest absolute Gasteiger partial charge is 0.481 e. The first kappa shape index (κ1) is 12.6. The summed E-state index contributed by atoms with van der Waals surface area (Å²) in [4.78, 5) is 4.08. The molecule has 0 saturated heterocycles. The maximum absolute atomic E-state index is 5.10. The average Bonchev–Trinajstić information content (AvgIpc) is 2.83. The highest BCUT2D eigenvalue weighted by Gasteiger charge is 2.07. The van der Waals surface area contributed by atoms with Crippen LogP contribution in [0, 0.1) is 0 Å². The maximum atomic E-state index is 5.10. The molecule has 0 saturated carbocycles. The van der Waals surface area contributed by atoms with Gasteiger partial charge in [-0.15, -0.1) is 0 Å². The summed E-state index contributed by atoms with van der Waals surface area (Å²) in [6.45, 7) is 2.89. The molecule has 0 amide bonds. The van der Waals surface area contributed by atoms with E-state index in [1.54, 1.807) is 13.3 Å². The van der Waals surface area contributed by atoms with E-state index in [2.05, 4.69) is 22.3 Å².